The van der Waals surface area contributed by atoms with Crippen molar-refractivity contribution in [1.29, 1.82) is 0 Å². The standard InChI is InChI=1S/C11H10ClNO4/c12-10(14)3-4-11(15)13-7-1-2-8-9(5-7)17-6-16-8/h1-2,5H,3-4,6H2,(H,13,15). The quantitative estimate of drug-likeness (QED) is 0.835. The van der Waals surface area contributed by atoms with Crippen LogP contribution in [-0.4, -0.2) is 17.9 Å². The molecular formula is C11H10ClNO4. The Hall–Kier alpha value is -1.75. The number of fused-ring (bicyclic) bond motifs is 1. The third-order valence-corrected chi connectivity index (χ3v) is 2.39. The normalized spacial score (nSPS) is 12.3. The molecule has 0 atom stereocenters. The molecule has 2 rings (SSSR count). The molecule has 5 nitrogen and oxygen atoms in total. The number of carbonyl (C=O) groups is 2. The van der Waals surface area contributed by atoms with Crippen LogP contribution in [0.15, 0.2) is 18.2 Å². The lowest BCUT2D eigenvalue weighted by molar-refractivity contribution is -0.119. The smallest absolute Gasteiger partial charge is 0.231 e. The van der Waals surface area contributed by atoms with E-state index in [9.17, 15) is 9.59 Å². The lowest BCUT2D eigenvalue weighted by Crippen LogP contribution is -2.12. The molecule has 90 valence electrons. The highest BCUT2D eigenvalue weighted by Gasteiger charge is 2.14. The Morgan fingerprint density at radius 1 is 1.24 bits per heavy atom. The number of amides is 1. The van der Waals surface area contributed by atoms with Gasteiger partial charge in [-0.05, 0) is 23.7 Å². The van der Waals surface area contributed by atoms with Gasteiger partial charge in [-0.3, -0.25) is 9.59 Å². The molecule has 0 aliphatic carbocycles. The Morgan fingerprint density at radius 2 is 2.00 bits per heavy atom. The van der Waals surface area contributed by atoms with Gasteiger partial charge in [-0.2, -0.15) is 0 Å². The van der Waals surface area contributed by atoms with Gasteiger partial charge in [-0.1, -0.05) is 0 Å². The number of hydrogen-bond acceptors (Lipinski definition) is 4. The molecule has 0 fully saturated rings. The average Bonchev–Trinajstić information content (AvgIpc) is 2.73. The van der Waals surface area contributed by atoms with E-state index in [1.807, 2.05) is 0 Å². The van der Waals surface area contributed by atoms with Crippen molar-refractivity contribution in [3.63, 3.8) is 0 Å². The second-order valence-corrected chi connectivity index (χ2v) is 3.89. The second kappa shape index (κ2) is 5.05. The first-order valence-electron chi connectivity index (χ1n) is 5.03. The zero-order valence-corrected chi connectivity index (χ0v) is 9.62. The van der Waals surface area contributed by atoms with Crippen LogP contribution in [-0.2, 0) is 9.59 Å². The summed E-state index contributed by atoms with van der Waals surface area (Å²) in [5, 5.41) is 2.12. The van der Waals surface area contributed by atoms with Crippen molar-refractivity contribution in [2.24, 2.45) is 0 Å². The van der Waals surface area contributed by atoms with Crippen molar-refractivity contribution < 1.29 is 19.1 Å². The maximum Gasteiger partial charge on any atom is 0.231 e. The zero-order chi connectivity index (χ0) is 12.3. The highest BCUT2D eigenvalue weighted by molar-refractivity contribution is 6.63. The summed E-state index contributed by atoms with van der Waals surface area (Å²) in [4.78, 5) is 21.9. The molecule has 1 heterocycles. The Morgan fingerprint density at radius 3 is 2.76 bits per heavy atom. The predicted octanol–water partition coefficient (Wildman–Crippen LogP) is 1.90. The summed E-state index contributed by atoms with van der Waals surface area (Å²) in [6.07, 6.45) is 0.0920. The summed E-state index contributed by atoms with van der Waals surface area (Å²) in [6.45, 7) is 0.188. The molecule has 0 saturated carbocycles. The lowest BCUT2D eigenvalue weighted by atomic mass is 10.2. The number of ether oxygens (including phenoxy) is 2. The van der Waals surface area contributed by atoms with Crippen LogP contribution in [0.3, 0.4) is 0 Å². The van der Waals surface area contributed by atoms with Crippen molar-refractivity contribution in [2.75, 3.05) is 12.1 Å². The fraction of sp³-hybridized carbons (Fsp3) is 0.273. The number of carbonyl (C=O) groups excluding carboxylic acids is 2. The van der Waals surface area contributed by atoms with Crippen LogP contribution in [0, 0.1) is 0 Å². The van der Waals surface area contributed by atoms with Crippen molar-refractivity contribution in [3.05, 3.63) is 18.2 Å². The summed E-state index contributed by atoms with van der Waals surface area (Å²) in [7, 11) is 0. The zero-order valence-electron chi connectivity index (χ0n) is 8.86. The maximum atomic E-state index is 11.4. The Bertz CT molecular complexity index is 461. The summed E-state index contributed by atoms with van der Waals surface area (Å²) >= 11 is 5.15. The third kappa shape index (κ3) is 3.10. The van der Waals surface area contributed by atoms with Gasteiger partial charge in [0, 0.05) is 24.6 Å². The number of halogens is 1. The molecule has 1 aromatic carbocycles. The molecule has 0 radical (unpaired) electrons. The van der Waals surface area contributed by atoms with Gasteiger partial charge in [-0.25, -0.2) is 0 Å². The topological polar surface area (TPSA) is 64.6 Å². The van der Waals surface area contributed by atoms with E-state index in [1.54, 1.807) is 18.2 Å². The first kappa shape index (κ1) is 11.7. The van der Waals surface area contributed by atoms with E-state index >= 15 is 0 Å². The van der Waals surface area contributed by atoms with E-state index < -0.39 is 5.24 Å². The number of anilines is 1. The van der Waals surface area contributed by atoms with Gasteiger partial charge >= 0.3 is 0 Å². The van der Waals surface area contributed by atoms with Crippen molar-refractivity contribution in [3.8, 4) is 11.5 Å². The van der Waals surface area contributed by atoms with Crippen LogP contribution in [0.5, 0.6) is 11.5 Å². The fourth-order valence-corrected chi connectivity index (χ4v) is 1.50. The molecule has 17 heavy (non-hydrogen) atoms. The molecule has 0 aromatic heterocycles. The van der Waals surface area contributed by atoms with Gasteiger partial charge < -0.3 is 14.8 Å². The number of rotatable bonds is 4. The predicted molar refractivity (Wildman–Crippen MR) is 61.3 cm³/mol. The Labute approximate surface area is 103 Å². The van der Waals surface area contributed by atoms with Gasteiger partial charge in [0.15, 0.2) is 11.5 Å². The molecule has 1 N–H and O–H groups in total. The van der Waals surface area contributed by atoms with Gasteiger partial charge in [-0.15, -0.1) is 0 Å². The van der Waals surface area contributed by atoms with Crippen molar-refractivity contribution in [1.82, 2.24) is 0 Å². The highest BCUT2D eigenvalue weighted by atomic mass is 35.5. The van der Waals surface area contributed by atoms with Crippen LogP contribution in [0.1, 0.15) is 12.8 Å². The molecule has 1 amide bonds. The van der Waals surface area contributed by atoms with Crippen molar-refractivity contribution in [2.45, 2.75) is 12.8 Å². The molecule has 1 aliphatic rings. The SMILES string of the molecule is O=C(Cl)CCC(=O)Nc1ccc2c(c1)OCO2. The second-order valence-electron chi connectivity index (χ2n) is 3.47. The maximum absolute atomic E-state index is 11.4. The molecule has 0 saturated heterocycles. The van der Waals surface area contributed by atoms with Gasteiger partial charge in [0.1, 0.15) is 0 Å². The first-order chi connectivity index (χ1) is 8.15. The summed E-state index contributed by atoms with van der Waals surface area (Å²) in [6, 6.07) is 5.08. The minimum atomic E-state index is -0.522. The fourth-order valence-electron chi connectivity index (χ4n) is 1.41. The molecule has 6 heteroatoms. The van der Waals surface area contributed by atoms with Crippen LogP contribution in [0.2, 0.25) is 0 Å². The Balaban J connectivity index is 1.95. The molecule has 1 aliphatic heterocycles. The third-order valence-electron chi connectivity index (χ3n) is 2.20. The van der Waals surface area contributed by atoms with Gasteiger partial charge in [0.2, 0.25) is 17.9 Å². The Kier molecular flexibility index (Phi) is 3.49. The first-order valence-corrected chi connectivity index (χ1v) is 5.41. The van der Waals surface area contributed by atoms with Gasteiger partial charge in [0.25, 0.3) is 0 Å². The molecule has 0 spiro atoms. The van der Waals surface area contributed by atoms with Crippen LogP contribution < -0.4 is 14.8 Å². The van der Waals surface area contributed by atoms with E-state index in [0.717, 1.165) is 0 Å². The van der Waals surface area contributed by atoms with Crippen LogP contribution in [0.25, 0.3) is 0 Å². The minimum absolute atomic E-state index is 0.0257. The summed E-state index contributed by atoms with van der Waals surface area (Å²) in [5.74, 6) is 0.980. The lowest BCUT2D eigenvalue weighted by Gasteiger charge is -2.05. The van der Waals surface area contributed by atoms with E-state index in [-0.39, 0.29) is 25.5 Å². The molecule has 1 aromatic rings. The largest absolute Gasteiger partial charge is 0.454 e. The number of hydrogen-bond donors (Lipinski definition) is 1. The summed E-state index contributed by atoms with van der Waals surface area (Å²) < 4.78 is 10.3. The monoisotopic (exact) mass is 255 g/mol. The van der Waals surface area contributed by atoms with Crippen molar-refractivity contribution >= 4 is 28.4 Å². The number of benzene rings is 1. The summed E-state index contributed by atoms with van der Waals surface area (Å²) in [5.41, 5.74) is 0.598. The minimum Gasteiger partial charge on any atom is -0.454 e. The molecule has 0 bridgehead atoms. The van der Waals surface area contributed by atoms with Crippen LogP contribution in [0.4, 0.5) is 5.69 Å². The molecular weight excluding hydrogens is 246 g/mol. The molecule has 0 unspecified atom stereocenters. The van der Waals surface area contributed by atoms with E-state index in [4.69, 9.17) is 21.1 Å². The van der Waals surface area contributed by atoms with E-state index in [0.29, 0.717) is 17.2 Å². The van der Waals surface area contributed by atoms with Gasteiger partial charge in [0.05, 0.1) is 0 Å². The van der Waals surface area contributed by atoms with E-state index in [2.05, 4.69) is 5.32 Å². The van der Waals surface area contributed by atoms with E-state index in [1.165, 1.54) is 0 Å². The average molecular weight is 256 g/mol. The highest BCUT2D eigenvalue weighted by Crippen LogP contribution is 2.34. The number of nitrogens with one attached hydrogen (secondary N) is 1. The van der Waals surface area contributed by atoms with Crippen LogP contribution >= 0.6 is 11.6 Å².